The molecule has 0 aliphatic heterocycles. The molecule has 0 unspecified atom stereocenters. The van der Waals surface area contributed by atoms with Gasteiger partial charge >= 0.3 is 0 Å². The van der Waals surface area contributed by atoms with Crippen molar-refractivity contribution < 1.29 is 9.59 Å². The van der Waals surface area contributed by atoms with E-state index in [1.165, 1.54) is 0 Å². The van der Waals surface area contributed by atoms with Crippen LogP contribution in [0.4, 0.5) is 5.69 Å². The van der Waals surface area contributed by atoms with Crippen LogP contribution in [0.25, 0.3) is 0 Å². The summed E-state index contributed by atoms with van der Waals surface area (Å²) in [7, 11) is 0. The predicted octanol–water partition coefficient (Wildman–Crippen LogP) is 5.09. The first kappa shape index (κ1) is 20.3. The van der Waals surface area contributed by atoms with E-state index in [2.05, 4.69) is 17.6 Å². The summed E-state index contributed by atoms with van der Waals surface area (Å²) < 4.78 is 0. The molecular weight excluding hydrogens is 371 g/mol. The highest BCUT2D eigenvalue weighted by atomic mass is 35.5. The summed E-state index contributed by atoms with van der Waals surface area (Å²) in [6.45, 7) is 2.68. The van der Waals surface area contributed by atoms with Crippen LogP contribution in [0.5, 0.6) is 0 Å². The Labute approximate surface area is 163 Å². The largest absolute Gasteiger partial charge is 0.352 e. The number of amides is 2. The molecular formula is C20H22Cl2N2O2. The van der Waals surface area contributed by atoms with Crippen molar-refractivity contribution in [1.29, 1.82) is 0 Å². The second-order valence-electron chi connectivity index (χ2n) is 5.94. The summed E-state index contributed by atoms with van der Waals surface area (Å²) in [4.78, 5) is 24.6. The molecule has 2 amide bonds. The highest BCUT2D eigenvalue weighted by molar-refractivity contribution is 6.35. The molecule has 0 bridgehead atoms. The number of hydrogen-bond acceptors (Lipinski definition) is 2. The minimum Gasteiger partial charge on any atom is -0.352 e. The van der Waals surface area contributed by atoms with Crippen LogP contribution in [0.15, 0.2) is 42.5 Å². The van der Waals surface area contributed by atoms with Crippen LogP contribution < -0.4 is 10.6 Å². The molecule has 2 aromatic carbocycles. The zero-order chi connectivity index (χ0) is 18.9. The van der Waals surface area contributed by atoms with Crippen molar-refractivity contribution in [2.75, 3.05) is 11.9 Å². The minimum absolute atomic E-state index is 0.176. The molecule has 0 aromatic heterocycles. The molecule has 6 heteroatoms. The van der Waals surface area contributed by atoms with Crippen molar-refractivity contribution in [3.05, 3.63) is 63.6 Å². The number of carbonyl (C=O) groups is 2. The monoisotopic (exact) mass is 392 g/mol. The standard InChI is InChI=1S/C20H22Cl2N2O2/c1-2-3-12-23-20(26)16-6-4-5-7-18(16)24-19(25)11-9-14-8-10-15(21)13-17(14)22/h4-8,10,13H,2-3,9,11-12H2,1H3,(H,23,26)(H,24,25). The van der Waals surface area contributed by atoms with Crippen LogP contribution in [0.2, 0.25) is 10.0 Å². The summed E-state index contributed by atoms with van der Waals surface area (Å²) in [6.07, 6.45) is 2.67. The van der Waals surface area contributed by atoms with Crippen LogP contribution >= 0.6 is 23.2 Å². The number of unbranched alkanes of at least 4 members (excludes halogenated alkanes) is 1. The van der Waals surface area contributed by atoms with Crippen LogP contribution in [-0.2, 0) is 11.2 Å². The number of para-hydroxylation sites is 1. The van der Waals surface area contributed by atoms with Crippen molar-refractivity contribution in [2.24, 2.45) is 0 Å². The maximum absolute atomic E-state index is 12.3. The van der Waals surface area contributed by atoms with Gasteiger partial charge in [0.15, 0.2) is 0 Å². The number of benzene rings is 2. The second-order valence-corrected chi connectivity index (χ2v) is 6.78. The predicted molar refractivity (Wildman–Crippen MR) is 107 cm³/mol. The number of hydrogen-bond donors (Lipinski definition) is 2. The first-order valence-corrected chi connectivity index (χ1v) is 9.38. The van der Waals surface area contributed by atoms with E-state index in [9.17, 15) is 9.59 Å². The summed E-state index contributed by atoms with van der Waals surface area (Å²) in [6, 6.07) is 12.2. The summed E-state index contributed by atoms with van der Waals surface area (Å²) in [5.41, 5.74) is 1.83. The summed E-state index contributed by atoms with van der Waals surface area (Å²) >= 11 is 12.0. The van der Waals surface area contributed by atoms with Gasteiger partial charge in [-0.05, 0) is 42.7 Å². The molecule has 0 radical (unpaired) electrons. The molecule has 0 aliphatic carbocycles. The lowest BCUT2D eigenvalue weighted by atomic mass is 10.1. The van der Waals surface area contributed by atoms with E-state index in [0.717, 1.165) is 18.4 Å². The van der Waals surface area contributed by atoms with Crippen LogP contribution in [0.3, 0.4) is 0 Å². The van der Waals surface area contributed by atoms with Gasteiger partial charge in [-0.3, -0.25) is 9.59 Å². The number of rotatable bonds is 8. The molecule has 4 nitrogen and oxygen atoms in total. The topological polar surface area (TPSA) is 58.2 Å². The lowest BCUT2D eigenvalue weighted by Crippen LogP contribution is -2.26. The Morgan fingerprint density at radius 2 is 1.85 bits per heavy atom. The molecule has 0 saturated heterocycles. The zero-order valence-corrected chi connectivity index (χ0v) is 16.2. The van der Waals surface area contributed by atoms with E-state index in [1.54, 1.807) is 36.4 Å². The normalized spacial score (nSPS) is 10.4. The zero-order valence-electron chi connectivity index (χ0n) is 14.6. The molecule has 0 fully saturated rings. The Morgan fingerprint density at radius 1 is 1.08 bits per heavy atom. The van der Waals surface area contributed by atoms with Crippen molar-refractivity contribution in [3.63, 3.8) is 0 Å². The van der Waals surface area contributed by atoms with Gasteiger partial charge in [-0.1, -0.05) is 54.7 Å². The van der Waals surface area contributed by atoms with Gasteiger partial charge in [0.25, 0.3) is 5.91 Å². The van der Waals surface area contributed by atoms with Gasteiger partial charge in [0.05, 0.1) is 11.3 Å². The molecule has 2 rings (SSSR count). The van der Waals surface area contributed by atoms with Gasteiger partial charge in [-0.25, -0.2) is 0 Å². The van der Waals surface area contributed by atoms with Gasteiger partial charge in [0, 0.05) is 23.0 Å². The van der Waals surface area contributed by atoms with Gasteiger partial charge in [-0.2, -0.15) is 0 Å². The van der Waals surface area contributed by atoms with E-state index in [0.29, 0.717) is 34.3 Å². The van der Waals surface area contributed by atoms with Gasteiger partial charge < -0.3 is 10.6 Å². The fourth-order valence-electron chi connectivity index (χ4n) is 2.45. The first-order valence-electron chi connectivity index (χ1n) is 8.62. The highest BCUT2D eigenvalue weighted by Gasteiger charge is 2.13. The number of nitrogens with one attached hydrogen (secondary N) is 2. The molecule has 0 atom stereocenters. The Morgan fingerprint density at radius 3 is 2.58 bits per heavy atom. The molecule has 2 aromatic rings. The molecule has 0 aliphatic rings. The van der Waals surface area contributed by atoms with E-state index in [-0.39, 0.29) is 18.2 Å². The van der Waals surface area contributed by atoms with Gasteiger partial charge in [-0.15, -0.1) is 0 Å². The Bertz CT molecular complexity index is 778. The number of anilines is 1. The van der Waals surface area contributed by atoms with Gasteiger partial charge in [0.1, 0.15) is 0 Å². The third-order valence-corrected chi connectivity index (χ3v) is 4.49. The van der Waals surface area contributed by atoms with Crippen LogP contribution in [0.1, 0.15) is 42.1 Å². The molecule has 138 valence electrons. The molecule has 26 heavy (non-hydrogen) atoms. The molecule has 0 heterocycles. The quantitative estimate of drug-likeness (QED) is 0.614. The number of halogens is 2. The van der Waals surface area contributed by atoms with Crippen molar-refractivity contribution in [2.45, 2.75) is 32.6 Å². The smallest absolute Gasteiger partial charge is 0.253 e. The maximum atomic E-state index is 12.3. The van der Waals surface area contributed by atoms with E-state index < -0.39 is 0 Å². The van der Waals surface area contributed by atoms with Crippen molar-refractivity contribution >= 4 is 40.7 Å². The lowest BCUT2D eigenvalue weighted by molar-refractivity contribution is -0.116. The van der Waals surface area contributed by atoms with Crippen LogP contribution in [-0.4, -0.2) is 18.4 Å². The first-order chi connectivity index (χ1) is 12.5. The highest BCUT2D eigenvalue weighted by Crippen LogP contribution is 2.22. The minimum atomic E-state index is -0.185. The lowest BCUT2D eigenvalue weighted by Gasteiger charge is -2.11. The Kier molecular flexibility index (Phi) is 7.95. The molecule has 2 N–H and O–H groups in total. The van der Waals surface area contributed by atoms with E-state index >= 15 is 0 Å². The maximum Gasteiger partial charge on any atom is 0.253 e. The summed E-state index contributed by atoms with van der Waals surface area (Å²) in [5, 5.41) is 6.78. The fraction of sp³-hybridized carbons (Fsp3) is 0.300. The SMILES string of the molecule is CCCCNC(=O)c1ccccc1NC(=O)CCc1ccc(Cl)cc1Cl. The second kappa shape index (κ2) is 10.2. The Hall–Kier alpha value is -2.04. The van der Waals surface area contributed by atoms with E-state index in [1.807, 2.05) is 6.07 Å². The average molecular weight is 393 g/mol. The van der Waals surface area contributed by atoms with Gasteiger partial charge in [0.2, 0.25) is 5.91 Å². The van der Waals surface area contributed by atoms with Crippen LogP contribution in [0, 0.1) is 0 Å². The summed E-state index contributed by atoms with van der Waals surface area (Å²) in [5.74, 6) is -0.361. The third-order valence-electron chi connectivity index (χ3n) is 3.90. The Balaban J connectivity index is 1.97. The molecule has 0 saturated carbocycles. The number of aryl methyl sites for hydroxylation is 1. The third kappa shape index (κ3) is 6.04. The van der Waals surface area contributed by atoms with Crippen molar-refractivity contribution in [3.8, 4) is 0 Å². The van der Waals surface area contributed by atoms with Crippen molar-refractivity contribution in [1.82, 2.24) is 5.32 Å². The number of carbonyl (C=O) groups excluding carboxylic acids is 2. The average Bonchev–Trinajstić information content (AvgIpc) is 2.61. The fourth-order valence-corrected chi connectivity index (χ4v) is 2.95. The molecule has 0 spiro atoms. The van der Waals surface area contributed by atoms with E-state index in [4.69, 9.17) is 23.2 Å².